The van der Waals surface area contributed by atoms with E-state index in [9.17, 15) is 14.4 Å². The van der Waals surface area contributed by atoms with Crippen LogP contribution in [-0.4, -0.2) is 60.7 Å². The Hall–Kier alpha value is -3.86. The fourth-order valence-electron chi connectivity index (χ4n) is 4.98. The predicted octanol–water partition coefficient (Wildman–Crippen LogP) is 6.43. The zero-order valence-corrected chi connectivity index (χ0v) is 27.5. The number of carbonyl (C=O) groups excluding carboxylic acids is 3. The fraction of sp³-hybridized carbons (Fsp3) is 0.303. The summed E-state index contributed by atoms with van der Waals surface area (Å²) in [5, 5.41) is 1.22. The zero-order chi connectivity index (χ0) is 32.0. The summed E-state index contributed by atoms with van der Waals surface area (Å²) in [6, 6.07) is 15.3. The van der Waals surface area contributed by atoms with Crippen molar-refractivity contribution in [3.63, 3.8) is 0 Å². The van der Waals surface area contributed by atoms with Crippen molar-refractivity contribution in [2.24, 2.45) is 0 Å². The summed E-state index contributed by atoms with van der Waals surface area (Å²) < 4.78 is 18.4. The fourth-order valence-corrected chi connectivity index (χ4v) is 5.60. The van der Waals surface area contributed by atoms with Crippen LogP contribution in [0.15, 0.2) is 59.1 Å². The first-order valence-electron chi connectivity index (χ1n) is 14.2. The Morgan fingerprint density at radius 1 is 0.955 bits per heavy atom. The Morgan fingerprint density at radius 3 is 2.30 bits per heavy atom. The highest BCUT2D eigenvalue weighted by atomic mass is 79.9. The van der Waals surface area contributed by atoms with E-state index in [1.807, 2.05) is 0 Å². The van der Waals surface area contributed by atoms with Crippen LogP contribution in [0.5, 0.6) is 5.75 Å². The molecule has 0 amide bonds. The number of esters is 2. The van der Waals surface area contributed by atoms with Gasteiger partial charge in [0.1, 0.15) is 19.0 Å². The molecule has 0 saturated heterocycles. The van der Waals surface area contributed by atoms with E-state index in [-0.39, 0.29) is 25.5 Å². The SMILES string of the molecule is CCN(CC)Cc1cc(C(=O)OCCOC(=O)Cc2c(C)n(C(=O)c3ccc(Cl)cc3)c3ccc(OC)cc23)cc(Br)c1N. The Balaban J connectivity index is 1.44. The number of hydrogen-bond donors (Lipinski definition) is 1. The van der Waals surface area contributed by atoms with Crippen molar-refractivity contribution in [1.29, 1.82) is 0 Å². The standard InChI is InChI=1S/C33H35BrClN3O6/c1-5-37(6-2)19-23-15-22(16-28(34)31(23)36)33(41)44-14-13-43-30(39)18-26-20(3)38(29-12-11-25(42-4)17-27(26)29)32(40)21-7-9-24(35)10-8-21/h7-12,15-17H,5-6,13-14,18-19,36H2,1-4H3. The first kappa shape index (κ1) is 33.0. The second kappa shape index (κ2) is 14.7. The number of methoxy groups -OCH3 is 1. The van der Waals surface area contributed by atoms with Gasteiger partial charge in [0.2, 0.25) is 0 Å². The number of aromatic nitrogens is 1. The first-order valence-corrected chi connectivity index (χ1v) is 15.4. The van der Waals surface area contributed by atoms with Crippen LogP contribution in [0.4, 0.5) is 5.69 Å². The molecule has 0 aliphatic rings. The molecule has 0 spiro atoms. The molecule has 44 heavy (non-hydrogen) atoms. The zero-order valence-electron chi connectivity index (χ0n) is 25.1. The molecule has 232 valence electrons. The molecule has 0 radical (unpaired) electrons. The number of anilines is 1. The van der Waals surface area contributed by atoms with Gasteiger partial charge in [0, 0.05) is 32.7 Å². The summed E-state index contributed by atoms with van der Waals surface area (Å²) in [6.45, 7) is 7.95. The molecular formula is C33H35BrClN3O6. The highest BCUT2D eigenvalue weighted by Crippen LogP contribution is 2.31. The lowest BCUT2D eigenvalue weighted by molar-refractivity contribution is -0.143. The monoisotopic (exact) mass is 683 g/mol. The van der Waals surface area contributed by atoms with E-state index >= 15 is 0 Å². The number of halogens is 2. The maximum absolute atomic E-state index is 13.5. The van der Waals surface area contributed by atoms with Crippen molar-refractivity contribution >= 4 is 62.0 Å². The average Bonchev–Trinajstić information content (AvgIpc) is 3.29. The summed E-state index contributed by atoms with van der Waals surface area (Å²) in [5.74, 6) is -0.740. The summed E-state index contributed by atoms with van der Waals surface area (Å²) in [7, 11) is 1.55. The third kappa shape index (κ3) is 7.43. The Labute approximate surface area is 269 Å². The number of hydrogen-bond acceptors (Lipinski definition) is 8. The van der Waals surface area contributed by atoms with Gasteiger partial charge in [-0.3, -0.25) is 19.1 Å². The molecule has 4 rings (SSSR count). The molecular weight excluding hydrogens is 650 g/mol. The summed E-state index contributed by atoms with van der Waals surface area (Å²) >= 11 is 9.44. The van der Waals surface area contributed by atoms with Gasteiger partial charge in [-0.15, -0.1) is 0 Å². The Kier molecular flexibility index (Phi) is 11.1. The van der Waals surface area contributed by atoms with Crippen LogP contribution in [0.1, 0.15) is 51.4 Å². The number of nitrogens with zero attached hydrogens (tertiary/aromatic N) is 2. The quantitative estimate of drug-likeness (QED) is 0.103. The van der Waals surface area contributed by atoms with Gasteiger partial charge in [-0.1, -0.05) is 25.4 Å². The van der Waals surface area contributed by atoms with Crippen LogP contribution in [0.25, 0.3) is 10.9 Å². The summed E-state index contributed by atoms with van der Waals surface area (Å²) in [4.78, 5) is 41.4. The van der Waals surface area contributed by atoms with Crippen LogP contribution in [0.2, 0.25) is 5.02 Å². The van der Waals surface area contributed by atoms with E-state index in [1.165, 1.54) is 0 Å². The topological polar surface area (TPSA) is 113 Å². The minimum Gasteiger partial charge on any atom is -0.497 e. The number of benzene rings is 3. The molecule has 1 aromatic heterocycles. The van der Waals surface area contributed by atoms with Gasteiger partial charge in [0.05, 0.1) is 30.3 Å². The van der Waals surface area contributed by atoms with E-state index in [2.05, 4.69) is 34.7 Å². The molecule has 3 aromatic carbocycles. The molecule has 0 saturated carbocycles. The summed E-state index contributed by atoms with van der Waals surface area (Å²) in [6.07, 6.45) is -0.0933. The maximum Gasteiger partial charge on any atom is 0.338 e. The Morgan fingerprint density at radius 2 is 1.64 bits per heavy atom. The molecule has 4 aromatic rings. The lowest BCUT2D eigenvalue weighted by Gasteiger charge is -2.20. The number of nitrogens with two attached hydrogens (primary N) is 1. The second-order valence-corrected chi connectivity index (χ2v) is 11.4. The first-order chi connectivity index (χ1) is 21.1. The predicted molar refractivity (Wildman–Crippen MR) is 175 cm³/mol. The van der Waals surface area contributed by atoms with Crippen molar-refractivity contribution in [3.05, 3.63) is 92.0 Å². The lowest BCUT2D eigenvalue weighted by Crippen LogP contribution is -2.23. The third-order valence-corrected chi connectivity index (χ3v) is 8.38. The van der Waals surface area contributed by atoms with Crippen LogP contribution in [-0.2, 0) is 27.2 Å². The molecule has 0 unspecified atom stereocenters. The van der Waals surface area contributed by atoms with Crippen LogP contribution >= 0.6 is 27.5 Å². The molecule has 2 N–H and O–H groups in total. The van der Waals surface area contributed by atoms with Crippen molar-refractivity contribution in [3.8, 4) is 5.75 Å². The minimum atomic E-state index is -0.547. The van der Waals surface area contributed by atoms with Crippen LogP contribution in [0.3, 0.4) is 0 Å². The second-order valence-electron chi connectivity index (χ2n) is 10.1. The van der Waals surface area contributed by atoms with Crippen molar-refractivity contribution in [2.75, 3.05) is 39.1 Å². The molecule has 0 aliphatic carbocycles. The van der Waals surface area contributed by atoms with E-state index in [0.717, 1.165) is 18.7 Å². The molecule has 0 fully saturated rings. The van der Waals surface area contributed by atoms with Crippen LogP contribution < -0.4 is 10.5 Å². The van der Waals surface area contributed by atoms with E-state index in [0.29, 0.717) is 60.8 Å². The molecule has 0 atom stereocenters. The smallest absolute Gasteiger partial charge is 0.338 e. The molecule has 0 aliphatic heterocycles. The average molecular weight is 685 g/mol. The van der Waals surface area contributed by atoms with Gasteiger partial charge in [0.25, 0.3) is 5.91 Å². The number of ether oxygens (including phenoxy) is 3. The number of rotatable bonds is 12. The minimum absolute atomic E-state index is 0.0933. The normalized spacial score (nSPS) is 11.2. The van der Waals surface area contributed by atoms with Gasteiger partial charge in [-0.2, -0.15) is 0 Å². The number of nitrogen functional groups attached to an aromatic ring is 1. The van der Waals surface area contributed by atoms with Gasteiger partial charge in [0.15, 0.2) is 0 Å². The summed E-state index contributed by atoms with van der Waals surface area (Å²) in [5.41, 5.74) is 10.3. The van der Waals surface area contributed by atoms with E-state index in [4.69, 9.17) is 31.5 Å². The molecule has 0 bridgehead atoms. The van der Waals surface area contributed by atoms with E-state index < -0.39 is 11.9 Å². The lowest BCUT2D eigenvalue weighted by atomic mass is 10.1. The number of fused-ring (bicyclic) bond motifs is 1. The number of carbonyl (C=O) groups is 3. The van der Waals surface area contributed by atoms with Crippen molar-refractivity contribution < 1.29 is 28.6 Å². The molecule has 9 nitrogen and oxygen atoms in total. The van der Waals surface area contributed by atoms with Crippen molar-refractivity contribution in [1.82, 2.24) is 9.47 Å². The third-order valence-electron chi connectivity index (χ3n) is 7.48. The van der Waals surface area contributed by atoms with Gasteiger partial charge in [-0.05, 0) is 102 Å². The van der Waals surface area contributed by atoms with Gasteiger partial charge in [-0.25, -0.2) is 4.79 Å². The Bertz CT molecular complexity index is 1680. The van der Waals surface area contributed by atoms with Crippen LogP contribution in [0, 0.1) is 6.92 Å². The van der Waals surface area contributed by atoms with Gasteiger partial charge >= 0.3 is 11.9 Å². The molecule has 11 heteroatoms. The highest BCUT2D eigenvalue weighted by Gasteiger charge is 2.23. The highest BCUT2D eigenvalue weighted by molar-refractivity contribution is 9.10. The van der Waals surface area contributed by atoms with Gasteiger partial charge < -0.3 is 19.9 Å². The van der Waals surface area contributed by atoms with E-state index in [1.54, 1.807) is 73.2 Å². The van der Waals surface area contributed by atoms with Crippen molar-refractivity contribution in [2.45, 2.75) is 33.7 Å². The largest absolute Gasteiger partial charge is 0.497 e. The molecule has 1 heterocycles. The maximum atomic E-state index is 13.5.